The zero-order chi connectivity index (χ0) is 20.7. The molecule has 30 heavy (non-hydrogen) atoms. The molecule has 150 valence electrons. The van der Waals surface area contributed by atoms with E-state index in [4.69, 9.17) is 9.47 Å². The first-order valence-corrected chi connectivity index (χ1v) is 10.2. The lowest BCUT2D eigenvalue weighted by atomic mass is 10.0. The van der Waals surface area contributed by atoms with Gasteiger partial charge in [0, 0.05) is 30.1 Å². The molecule has 7 nitrogen and oxygen atoms in total. The lowest BCUT2D eigenvalue weighted by Crippen LogP contribution is -2.31. The number of carbonyl (C=O) groups excluding carboxylic acids is 1. The van der Waals surface area contributed by atoms with Gasteiger partial charge in [0.25, 0.3) is 5.69 Å². The molecule has 0 amide bonds. The fourth-order valence-electron chi connectivity index (χ4n) is 3.57. The van der Waals surface area contributed by atoms with Gasteiger partial charge in [0.15, 0.2) is 5.76 Å². The number of hydrogen-bond donors (Lipinski definition) is 0. The Morgan fingerprint density at radius 3 is 2.73 bits per heavy atom. The van der Waals surface area contributed by atoms with Crippen LogP contribution in [-0.2, 0) is 13.1 Å². The molecule has 3 aromatic rings. The van der Waals surface area contributed by atoms with Crippen LogP contribution in [0.1, 0.15) is 26.4 Å². The molecule has 0 atom stereocenters. The molecule has 0 aliphatic carbocycles. The van der Waals surface area contributed by atoms with Gasteiger partial charge in [-0.2, -0.15) is 0 Å². The summed E-state index contributed by atoms with van der Waals surface area (Å²) < 4.78 is 11.8. The van der Waals surface area contributed by atoms with E-state index in [2.05, 4.69) is 11.0 Å². The van der Waals surface area contributed by atoms with E-state index in [-0.39, 0.29) is 17.2 Å². The molecule has 5 rings (SSSR count). The van der Waals surface area contributed by atoms with Crippen molar-refractivity contribution >= 4 is 28.9 Å². The molecule has 0 radical (unpaired) electrons. The van der Waals surface area contributed by atoms with Gasteiger partial charge in [0.1, 0.15) is 18.2 Å². The van der Waals surface area contributed by atoms with E-state index in [1.165, 1.54) is 17.0 Å². The summed E-state index contributed by atoms with van der Waals surface area (Å²) >= 11 is 1.69. The predicted molar refractivity (Wildman–Crippen MR) is 112 cm³/mol. The van der Waals surface area contributed by atoms with Crippen LogP contribution >= 0.6 is 11.3 Å². The number of non-ortho nitro benzene ring substituents is 1. The van der Waals surface area contributed by atoms with Crippen LogP contribution in [0.15, 0.2) is 59.7 Å². The molecule has 0 fully saturated rings. The first-order chi connectivity index (χ1) is 14.6. The van der Waals surface area contributed by atoms with E-state index in [0.29, 0.717) is 30.2 Å². The third-order valence-corrected chi connectivity index (χ3v) is 5.90. The number of ketones is 1. The van der Waals surface area contributed by atoms with Crippen LogP contribution in [0, 0.1) is 10.1 Å². The first-order valence-electron chi connectivity index (χ1n) is 9.30. The molecule has 0 bridgehead atoms. The molecule has 0 N–H and O–H groups in total. The Bertz CT molecular complexity index is 1170. The van der Waals surface area contributed by atoms with Gasteiger partial charge in [-0.05, 0) is 47.4 Å². The zero-order valence-electron chi connectivity index (χ0n) is 15.7. The third kappa shape index (κ3) is 3.36. The van der Waals surface area contributed by atoms with Crippen molar-refractivity contribution in [1.29, 1.82) is 0 Å². The standard InChI is InChI=1S/C22H16N2O5S/c25-21-17-7-8-19-18(12-23(13-28-19)11-16-2-1-9-30-16)22(17)29-20(21)10-14-3-5-15(6-4-14)24(26)27/h1-10H,11-13H2/b20-10-. The number of Topliss-reactive ketones (excluding diaryl/α,β-unsaturated/α-hetero) is 1. The maximum Gasteiger partial charge on any atom is 0.269 e. The molecular formula is C22H16N2O5S. The highest BCUT2D eigenvalue weighted by Gasteiger charge is 2.33. The molecule has 3 heterocycles. The summed E-state index contributed by atoms with van der Waals surface area (Å²) in [4.78, 5) is 26.6. The average Bonchev–Trinajstić information content (AvgIpc) is 3.37. The number of benzene rings is 2. The van der Waals surface area contributed by atoms with Crippen LogP contribution in [0.4, 0.5) is 5.69 Å². The summed E-state index contributed by atoms with van der Waals surface area (Å²) in [5.74, 6) is 1.24. The summed E-state index contributed by atoms with van der Waals surface area (Å²) in [5, 5.41) is 12.9. The van der Waals surface area contributed by atoms with Crippen molar-refractivity contribution in [3.05, 3.63) is 91.4 Å². The fourth-order valence-corrected chi connectivity index (χ4v) is 4.32. The number of nitro benzene ring substituents is 1. The summed E-state index contributed by atoms with van der Waals surface area (Å²) in [6.45, 7) is 1.86. The van der Waals surface area contributed by atoms with Gasteiger partial charge in [0.05, 0.1) is 16.1 Å². The molecule has 8 heteroatoms. The number of hydrogen-bond acceptors (Lipinski definition) is 7. The van der Waals surface area contributed by atoms with Crippen molar-refractivity contribution < 1.29 is 19.2 Å². The lowest BCUT2D eigenvalue weighted by molar-refractivity contribution is -0.384. The Morgan fingerprint density at radius 1 is 1.17 bits per heavy atom. The minimum absolute atomic E-state index is 0.00356. The molecule has 0 unspecified atom stereocenters. The van der Waals surface area contributed by atoms with Crippen LogP contribution in [0.2, 0.25) is 0 Å². The second-order valence-electron chi connectivity index (χ2n) is 7.05. The normalized spacial score (nSPS) is 16.7. The van der Waals surface area contributed by atoms with Crippen molar-refractivity contribution in [2.45, 2.75) is 13.1 Å². The van der Waals surface area contributed by atoms with Gasteiger partial charge >= 0.3 is 0 Å². The molecule has 0 saturated heterocycles. The van der Waals surface area contributed by atoms with Crippen molar-refractivity contribution in [3.63, 3.8) is 0 Å². The summed E-state index contributed by atoms with van der Waals surface area (Å²) in [6.07, 6.45) is 1.60. The monoisotopic (exact) mass is 420 g/mol. The number of carbonyl (C=O) groups is 1. The number of allylic oxidation sites excluding steroid dienone is 1. The molecule has 2 aliphatic heterocycles. The fraction of sp³-hybridized carbons (Fsp3) is 0.136. The van der Waals surface area contributed by atoms with Crippen LogP contribution in [0.25, 0.3) is 6.08 Å². The number of rotatable bonds is 4. The smallest absolute Gasteiger partial charge is 0.269 e. The SMILES string of the molecule is O=C1/C(=C/c2ccc([N+](=O)[O-])cc2)Oc2c1ccc1c2CN(Cc2cccs2)CO1. The Hall–Kier alpha value is -3.49. The highest BCUT2D eigenvalue weighted by molar-refractivity contribution is 7.09. The Balaban J connectivity index is 1.42. The van der Waals surface area contributed by atoms with Crippen molar-refractivity contribution in [2.24, 2.45) is 0 Å². The number of fused-ring (bicyclic) bond motifs is 3. The quantitative estimate of drug-likeness (QED) is 0.348. The topological polar surface area (TPSA) is 81.9 Å². The maximum atomic E-state index is 12.8. The second kappa shape index (κ2) is 7.40. The van der Waals surface area contributed by atoms with Gasteiger partial charge in [-0.3, -0.25) is 19.8 Å². The molecule has 0 spiro atoms. The average molecular weight is 420 g/mol. The molecule has 0 saturated carbocycles. The summed E-state index contributed by atoms with van der Waals surface area (Å²) in [6, 6.07) is 13.6. The van der Waals surface area contributed by atoms with Gasteiger partial charge in [-0.25, -0.2) is 0 Å². The van der Waals surface area contributed by atoms with E-state index in [9.17, 15) is 14.9 Å². The number of thiophene rings is 1. The Labute approximate surface area is 175 Å². The van der Waals surface area contributed by atoms with Crippen LogP contribution in [0.3, 0.4) is 0 Å². The van der Waals surface area contributed by atoms with E-state index < -0.39 is 4.92 Å². The van der Waals surface area contributed by atoms with Crippen molar-refractivity contribution in [3.8, 4) is 11.5 Å². The molecular weight excluding hydrogens is 404 g/mol. The second-order valence-corrected chi connectivity index (χ2v) is 8.08. The van der Waals surface area contributed by atoms with Crippen LogP contribution in [0.5, 0.6) is 11.5 Å². The van der Waals surface area contributed by atoms with Gasteiger partial charge in [-0.1, -0.05) is 6.07 Å². The zero-order valence-corrected chi connectivity index (χ0v) is 16.6. The van der Waals surface area contributed by atoms with Crippen LogP contribution < -0.4 is 9.47 Å². The van der Waals surface area contributed by atoms with E-state index in [0.717, 1.165) is 17.9 Å². The first kappa shape index (κ1) is 18.5. The van der Waals surface area contributed by atoms with Gasteiger partial charge in [0.2, 0.25) is 5.78 Å². The molecule has 1 aromatic heterocycles. The number of nitrogens with zero attached hydrogens (tertiary/aromatic N) is 2. The Kier molecular flexibility index (Phi) is 4.57. The van der Waals surface area contributed by atoms with E-state index in [1.807, 2.05) is 17.5 Å². The minimum atomic E-state index is -0.460. The van der Waals surface area contributed by atoms with Crippen molar-refractivity contribution in [2.75, 3.05) is 6.73 Å². The minimum Gasteiger partial charge on any atom is -0.478 e. The molecule has 2 aromatic carbocycles. The number of ether oxygens (including phenoxy) is 2. The Morgan fingerprint density at radius 2 is 2.00 bits per heavy atom. The van der Waals surface area contributed by atoms with E-state index in [1.54, 1.807) is 35.6 Å². The third-order valence-electron chi connectivity index (χ3n) is 5.04. The van der Waals surface area contributed by atoms with Crippen LogP contribution in [-0.4, -0.2) is 22.3 Å². The van der Waals surface area contributed by atoms with Gasteiger partial charge < -0.3 is 9.47 Å². The molecule has 2 aliphatic rings. The maximum absolute atomic E-state index is 12.8. The predicted octanol–water partition coefficient (Wildman–Crippen LogP) is 4.62. The highest BCUT2D eigenvalue weighted by atomic mass is 32.1. The lowest BCUT2D eigenvalue weighted by Gasteiger charge is -2.29. The number of nitro groups is 1. The highest BCUT2D eigenvalue weighted by Crippen LogP contribution is 2.42. The van der Waals surface area contributed by atoms with Crippen molar-refractivity contribution in [1.82, 2.24) is 4.90 Å². The summed E-state index contributed by atoms with van der Waals surface area (Å²) in [5.41, 5.74) is 2.01. The van der Waals surface area contributed by atoms with Gasteiger partial charge in [-0.15, -0.1) is 11.3 Å². The largest absolute Gasteiger partial charge is 0.478 e. The van der Waals surface area contributed by atoms with E-state index >= 15 is 0 Å². The summed E-state index contributed by atoms with van der Waals surface area (Å²) in [7, 11) is 0.